The fourth-order valence-corrected chi connectivity index (χ4v) is 3.97. The third-order valence-electron chi connectivity index (χ3n) is 3.34. The number of nitrogens with zero attached hydrogens (tertiary/aromatic N) is 1. The van der Waals surface area contributed by atoms with E-state index in [4.69, 9.17) is 0 Å². The second-order valence-electron chi connectivity index (χ2n) is 5.28. The summed E-state index contributed by atoms with van der Waals surface area (Å²) in [6.45, 7) is 4.33. The largest absolute Gasteiger partial charge is 0.388 e. The van der Waals surface area contributed by atoms with E-state index in [1.807, 2.05) is 17.0 Å². The first-order valence-corrected chi connectivity index (χ1v) is 7.75. The van der Waals surface area contributed by atoms with E-state index in [1.165, 1.54) is 0 Å². The lowest BCUT2D eigenvalue weighted by atomic mass is 9.96. The Labute approximate surface area is 120 Å². The molecule has 5 heteroatoms. The van der Waals surface area contributed by atoms with Crippen molar-refractivity contribution in [1.82, 2.24) is 4.90 Å². The third kappa shape index (κ3) is 3.13. The Morgan fingerprint density at radius 1 is 1.61 bits per heavy atom. The van der Waals surface area contributed by atoms with Gasteiger partial charge in [0.1, 0.15) is 0 Å². The van der Waals surface area contributed by atoms with Crippen molar-refractivity contribution in [3.63, 3.8) is 0 Å². The van der Waals surface area contributed by atoms with Crippen LogP contribution in [0.5, 0.6) is 0 Å². The zero-order chi connectivity index (χ0) is 13.3. The zero-order valence-corrected chi connectivity index (χ0v) is 13.1. The molecule has 1 atom stereocenters. The highest BCUT2D eigenvalue weighted by Gasteiger charge is 2.38. The minimum atomic E-state index is -0.817. The Bertz CT molecular complexity index is 438. The van der Waals surface area contributed by atoms with Gasteiger partial charge in [-0.25, -0.2) is 0 Å². The van der Waals surface area contributed by atoms with Crippen molar-refractivity contribution in [3.8, 4) is 0 Å². The van der Waals surface area contributed by atoms with Crippen LogP contribution in [0.1, 0.15) is 31.6 Å². The van der Waals surface area contributed by atoms with Gasteiger partial charge in [-0.05, 0) is 54.8 Å². The van der Waals surface area contributed by atoms with Crippen LogP contribution >= 0.6 is 27.3 Å². The number of aliphatic hydroxyl groups is 1. The van der Waals surface area contributed by atoms with Gasteiger partial charge >= 0.3 is 0 Å². The zero-order valence-electron chi connectivity index (χ0n) is 10.6. The molecule has 0 saturated carbocycles. The molecule has 3 nitrogen and oxygen atoms in total. The van der Waals surface area contributed by atoms with Crippen LogP contribution in [0.2, 0.25) is 0 Å². The summed E-state index contributed by atoms with van der Waals surface area (Å²) in [6.07, 6.45) is 2.31. The molecule has 1 aromatic heterocycles. The number of hydrogen-bond acceptors (Lipinski definition) is 3. The first-order valence-electron chi connectivity index (χ1n) is 6.14. The molecule has 1 N–H and O–H groups in total. The van der Waals surface area contributed by atoms with Gasteiger partial charge in [-0.1, -0.05) is 0 Å². The van der Waals surface area contributed by atoms with Crippen LogP contribution in [0.15, 0.2) is 15.9 Å². The van der Waals surface area contributed by atoms with E-state index in [1.54, 1.807) is 25.2 Å². The molecule has 1 aliphatic heterocycles. The van der Waals surface area contributed by atoms with Gasteiger partial charge in [-0.2, -0.15) is 0 Å². The minimum absolute atomic E-state index is 0.0478. The monoisotopic (exact) mass is 331 g/mol. The molecule has 2 heterocycles. The lowest BCUT2D eigenvalue weighted by Gasteiger charge is -2.33. The topological polar surface area (TPSA) is 40.5 Å². The smallest absolute Gasteiger partial charge is 0.228 e. The van der Waals surface area contributed by atoms with E-state index in [0.717, 1.165) is 28.0 Å². The summed E-state index contributed by atoms with van der Waals surface area (Å²) in [6, 6.07) is 3.89. The van der Waals surface area contributed by atoms with Crippen molar-refractivity contribution in [1.29, 1.82) is 0 Å². The summed E-state index contributed by atoms with van der Waals surface area (Å²) < 4.78 is 1.05. The van der Waals surface area contributed by atoms with Crippen LogP contribution in [0, 0.1) is 0 Å². The van der Waals surface area contributed by atoms with Crippen molar-refractivity contribution in [2.75, 3.05) is 6.54 Å². The number of carbonyl (C=O) groups is 1. The number of likely N-dealkylation sites (tertiary alicyclic amines) is 1. The van der Waals surface area contributed by atoms with Gasteiger partial charge in [0.05, 0.1) is 21.9 Å². The lowest BCUT2D eigenvalue weighted by Crippen LogP contribution is -2.48. The Morgan fingerprint density at radius 3 is 2.89 bits per heavy atom. The van der Waals surface area contributed by atoms with Crippen LogP contribution in [0.25, 0.3) is 0 Å². The highest BCUT2D eigenvalue weighted by Crippen LogP contribution is 2.28. The maximum Gasteiger partial charge on any atom is 0.228 e. The molecule has 1 amide bonds. The van der Waals surface area contributed by atoms with Gasteiger partial charge < -0.3 is 10.0 Å². The van der Waals surface area contributed by atoms with Crippen molar-refractivity contribution >= 4 is 33.2 Å². The van der Waals surface area contributed by atoms with Crippen LogP contribution in [0.3, 0.4) is 0 Å². The van der Waals surface area contributed by atoms with E-state index in [-0.39, 0.29) is 11.9 Å². The van der Waals surface area contributed by atoms with Gasteiger partial charge in [-0.3, -0.25) is 4.79 Å². The molecular weight excluding hydrogens is 314 g/mol. The van der Waals surface area contributed by atoms with Crippen LogP contribution < -0.4 is 0 Å². The number of thiophene rings is 1. The van der Waals surface area contributed by atoms with Gasteiger partial charge in [-0.15, -0.1) is 11.3 Å². The summed E-state index contributed by atoms with van der Waals surface area (Å²) in [5.41, 5.74) is -0.817. The number of carbonyl (C=O) groups excluding carboxylic acids is 1. The predicted octanol–water partition coefficient (Wildman–Crippen LogP) is 2.82. The molecule has 1 saturated heterocycles. The number of amides is 1. The SMILES string of the molecule is CC(C)(O)C1CCCN1C(=O)Cc1ccc(Br)s1. The maximum absolute atomic E-state index is 12.3. The molecule has 0 aliphatic carbocycles. The van der Waals surface area contributed by atoms with Crippen molar-refractivity contribution in [3.05, 3.63) is 20.8 Å². The highest BCUT2D eigenvalue weighted by molar-refractivity contribution is 9.11. The lowest BCUT2D eigenvalue weighted by molar-refractivity contribution is -0.135. The summed E-state index contributed by atoms with van der Waals surface area (Å²) in [5.74, 6) is 0.119. The first-order chi connectivity index (χ1) is 8.38. The molecule has 0 bridgehead atoms. The fourth-order valence-electron chi connectivity index (χ4n) is 2.50. The normalized spacial score (nSPS) is 20.4. The van der Waals surface area contributed by atoms with Gasteiger partial charge in [0.15, 0.2) is 0 Å². The average Bonchev–Trinajstić information content (AvgIpc) is 2.85. The quantitative estimate of drug-likeness (QED) is 0.925. The standard InChI is InChI=1S/C13H18BrNO2S/c1-13(2,17)10-4-3-7-15(10)12(16)8-9-5-6-11(14)18-9/h5-6,10,17H,3-4,7-8H2,1-2H3. The van der Waals surface area contributed by atoms with Gasteiger partial charge in [0, 0.05) is 11.4 Å². The molecule has 18 heavy (non-hydrogen) atoms. The van der Waals surface area contributed by atoms with Crippen molar-refractivity contribution < 1.29 is 9.90 Å². The van der Waals surface area contributed by atoms with Crippen LogP contribution in [0.4, 0.5) is 0 Å². The Hall–Kier alpha value is -0.390. The van der Waals surface area contributed by atoms with E-state index < -0.39 is 5.60 Å². The summed E-state index contributed by atoms with van der Waals surface area (Å²) >= 11 is 4.99. The molecule has 0 radical (unpaired) electrons. The molecular formula is C13H18BrNO2S. The van der Waals surface area contributed by atoms with E-state index in [9.17, 15) is 9.90 Å². The summed E-state index contributed by atoms with van der Waals surface area (Å²) in [4.78, 5) is 15.2. The fraction of sp³-hybridized carbons (Fsp3) is 0.615. The summed E-state index contributed by atoms with van der Waals surface area (Å²) in [7, 11) is 0. The number of halogens is 1. The van der Waals surface area contributed by atoms with E-state index in [0.29, 0.717) is 6.42 Å². The van der Waals surface area contributed by atoms with Crippen LogP contribution in [-0.4, -0.2) is 34.1 Å². The third-order valence-corrected chi connectivity index (χ3v) is 4.97. The Kier molecular flexibility index (Phi) is 4.14. The van der Waals surface area contributed by atoms with Gasteiger partial charge in [0.25, 0.3) is 0 Å². The number of rotatable bonds is 3. The second-order valence-corrected chi connectivity index (χ2v) is 7.83. The maximum atomic E-state index is 12.3. The average molecular weight is 332 g/mol. The second kappa shape index (κ2) is 5.31. The molecule has 0 aromatic carbocycles. The van der Waals surface area contributed by atoms with Crippen molar-refractivity contribution in [2.24, 2.45) is 0 Å². The summed E-state index contributed by atoms with van der Waals surface area (Å²) in [5, 5.41) is 10.1. The molecule has 1 aromatic rings. The van der Waals surface area contributed by atoms with E-state index in [2.05, 4.69) is 15.9 Å². The minimum Gasteiger partial charge on any atom is -0.388 e. The molecule has 1 unspecified atom stereocenters. The van der Waals surface area contributed by atoms with E-state index >= 15 is 0 Å². The van der Waals surface area contributed by atoms with Crippen molar-refractivity contribution in [2.45, 2.75) is 44.8 Å². The molecule has 1 fully saturated rings. The highest BCUT2D eigenvalue weighted by atomic mass is 79.9. The molecule has 100 valence electrons. The predicted molar refractivity (Wildman–Crippen MR) is 76.8 cm³/mol. The Balaban J connectivity index is 2.04. The number of hydrogen-bond donors (Lipinski definition) is 1. The van der Waals surface area contributed by atoms with Gasteiger partial charge in [0.2, 0.25) is 5.91 Å². The molecule has 0 spiro atoms. The Morgan fingerprint density at radius 2 is 2.33 bits per heavy atom. The molecule has 2 rings (SSSR count). The molecule has 1 aliphatic rings. The van der Waals surface area contributed by atoms with Crippen LogP contribution in [-0.2, 0) is 11.2 Å². The first kappa shape index (κ1) is 14.0.